The quantitative estimate of drug-likeness (QED) is 0.511. The molecule has 0 unspecified atom stereocenters. The van der Waals surface area contributed by atoms with Gasteiger partial charge in [-0.25, -0.2) is 0 Å². The molecule has 0 saturated heterocycles. The number of rotatable bonds is 6. The fourth-order valence-corrected chi connectivity index (χ4v) is 4.60. The lowest BCUT2D eigenvalue weighted by molar-refractivity contribution is 0.342. The molecule has 15 heavy (non-hydrogen) atoms. The molecule has 0 saturated carbocycles. The van der Waals surface area contributed by atoms with Gasteiger partial charge < -0.3 is 4.57 Å². The van der Waals surface area contributed by atoms with Crippen LogP contribution in [0.4, 0.5) is 0 Å². The summed E-state index contributed by atoms with van der Waals surface area (Å²) in [5.74, 6) is 0. The van der Waals surface area contributed by atoms with Gasteiger partial charge in [0.25, 0.3) is 0 Å². The zero-order chi connectivity index (χ0) is 12.1. The molecule has 0 spiro atoms. The lowest BCUT2D eigenvalue weighted by Crippen LogP contribution is -2.54. The molecule has 0 aliphatic rings. The van der Waals surface area contributed by atoms with Crippen LogP contribution in [0.3, 0.4) is 0 Å². The lowest BCUT2D eigenvalue weighted by atomic mass is 10.3. The molecule has 0 bridgehead atoms. The standard InChI is InChI=1S/C12H26N2Si/c1-11(2)14(10-8-7-9-13)15(5,6)12(3)4/h11-12H,7-8,10H2,1-6H3. The molecule has 88 valence electrons. The summed E-state index contributed by atoms with van der Waals surface area (Å²) >= 11 is 0. The van der Waals surface area contributed by atoms with Crippen molar-refractivity contribution in [2.75, 3.05) is 6.54 Å². The van der Waals surface area contributed by atoms with Gasteiger partial charge in [-0.15, -0.1) is 0 Å². The van der Waals surface area contributed by atoms with Crippen molar-refractivity contribution in [3.63, 3.8) is 0 Å². The third-order valence-electron chi connectivity index (χ3n) is 3.46. The van der Waals surface area contributed by atoms with Gasteiger partial charge in [-0.2, -0.15) is 5.26 Å². The summed E-state index contributed by atoms with van der Waals surface area (Å²) in [6, 6.07) is 2.84. The maximum atomic E-state index is 8.57. The molecule has 0 atom stereocenters. The Hall–Kier alpha value is -0.333. The summed E-state index contributed by atoms with van der Waals surface area (Å²) in [7, 11) is -1.30. The van der Waals surface area contributed by atoms with Crippen LogP contribution < -0.4 is 0 Å². The van der Waals surface area contributed by atoms with E-state index in [0.29, 0.717) is 12.5 Å². The normalized spacial score (nSPS) is 12.5. The van der Waals surface area contributed by atoms with Crippen molar-refractivity contribution in [3.8, 4) is 6.07 Å². The second kappa shape index (κ2) is 6.29. The van der Waals surface area contributed by atoms with Crippen LogP contribution in [0, 0.1) is 11.3 Å². The lowest BCUT2D eigenvalue weighted by Gasteiger charge is -2.42. The predicted octanol–water partition coefficient (Wildman–Crippen LogP) is 3.62. The van der Waals surface area contributed by atoms with Crippen molar-refractivity contribution in [2.24, 2.45) is 0 Å². The first-order valence-electron chi connectivity index (χ1n) is 5.97. The first-order valence-corrected chi connectivity index (χ1v) is 9.00. The van der Waals surface area contributed by atoms with Crippen LogP contribution in [0.15, 0.2) is 0 Å². The monoisotopic (exact) mass is 226 g/mol. The second-order valence-corrected chi connectivity index (χ2v) is 10.4. The van der Waals surface area contributed by atoms with Crippen LogP contribution in [0.25, 0.3) is 0 Å². The fraction of sp³-hybridized carbons (Fsp3) is 0.917. The Morgan fingerprint density at radius 2 is 1.73 bits per heavy atom. The molecule has 0 radical (unpaired) electrons. The van der Waals surface area contributed by atoms with E-state index in [-0.39, 0.29) is 0 Å². The molecule has 3 heteroatoms. The fourth-order valence-electron chi connectivity index (χ4n) is 1.87. The molecule has 0 aromatic carbocycles. The topological polar surface area (TPSA) is 27.0 Å². The van der Waals surface area contributed by atoms with Crippen molar-refractivity contribution < 1.29 is 0 Å². The van der Waals surface area contributed by atoms with Crippen molar-refractivity contribution in [2.45, 2.75) is 65.2 Å². The molecule has 0 N–H and O–H groups in total. The molecule has 0 aromatic heterocycles. The Balaban J connectivity index is 4.46. The van der Waals surface area contributed by atoms with Crippen LogP contribution in [0.1, 0.15) is 40.5 Å². The Labute approximate surface area is 96.4 Å². The minimum Gasteiger partial charge on any atom is -0.321 e. The molecule has 0 fully saturated rings. The van der Waals surface area contributed by atoms with Crippen molar-refractivity contribution in [1.82, 2.24) is 4.57 Å². The molecular formula is C12H26N2Si. The van der Waals surface area contributed by atoms with Crippen LogP contribution in [0.2, 0.25) is 18.6 Å². The van der Waals surface area contributed by atoms with E-state index in [2.05, 4.69) is 51.4 Å². The third kappa shape index (κ3) is 4.36. The van der Waals surface area contributed by atoms with Crippen LogP contribution in [0.5, 0.6) is 0 Å². The number of nitriles is 1. The van der Waals surface area contributed by atoms with Crippen LogP contribution in [-0.4, -0.2) is 25.4 Å². The summed E-state index contributed by atoms with van der Waals surface area (Å²) in [6.07, 6.45) is 1.70. The maximum absolute atomic E-state index is 8.57. The summed E-state index contributed by atoms with van der Waals surface area (Å²) in [5, 5.41) is 8.57. The van der Waals surface area contributed by atoms with Crippen molar-refractivity contribution >= 4 is 8.24 Å². The summed E-state index contributed by atoms with van der Waals surface area (Å²) in [6.45, 7) is 15.1. The SMILES string of the molecule is CC(C)N(CCCC#N)[Si](C)(C)C(C)C. The van der Waals surface area contributed by atoms with Gasteiger partial charge in [-0.1, -0.05) is 40.8 Å². The summed E-state index contributed by atoms with van der Waals surface area (Å²) < 4.78 is 2.65. The van der Waals surface area contributed by atoms with Gasteiger partial charge >= 0.3 is 0 Å². The highest BCUT2D eigenvalue weighted by Crippen LogP contribution is 2.26. The van der Waals surface area contributed by atoms with Crippen molar-refractivity contribution in [3.05, 3.63) is 0 Å². The largest absolute Gasteiger partial charge is 0.321 e. The molecule has 0 rings (SSSR count). The average molecular weight is 226 g/mol. The number of unbranched alkanes of at least 4 members (excludes halogenated alkanes) is 1. The first-order chi connectivity index (χ1) is 6.84. The molecule has 0 aliphatic heterocycles. The van der Waals surface area contributed by atoms with Gasteiger partial charge in [0, 0.05) is 6.42 Å². The van der Waals surface area contributed by atoms with E-state index in [9.17, 15) is 0 Å². The van der Waals surface area contributed by atoms with Crippen LogP contribution >= 0.6 is 0 Å². The zero-order valence-electron chi connectivity index (χ0n) is 11.2. The van der Waals surface area contributed by atoms with E-state index >= 15 is 0 Å². The smallest absolute Gasteiger partial charge is 0.125 e. The third-order valence-corrected chi connectivity index (χ3v) is 8.51. The Morgan fingerprint density at radius 3 is 2.07 bits per heavy atom. The van der Waals surface area contributed by atoms with Gasteiger partial charge in [-0.3, -0.25) is 0 Å². The molecule has 0 amide bonds. The average Bonchev–Trinajstić information content (AvgIpc) is 2.11. The molecule has 2 nitrogen and oxygen atoms in total. The number of hydrogen-bond donors (Lipinski definition) is 0. The van der Waals surface area contributed by atoms with Crippen LogP contribution in [-0.2, 0) is 0 Å². The van der Waals surface area contributed by atoms with E-state index in [1.54, 1.807) is 0 Å². The van der Waals surface area contributed by atoms with E-state index < -0.39 is 8.24 Å². The van der Waals surface area contributed by atoms with Gasteiger partial charge in [0.1, 0.15) is 8.24 Å². The second-order valence-electron chi connectivity index (χ2n) is 5.36. The van der Waals surface area contributed by atoms with Gasteiger partial charge in [-0.05, 0) is 24.5 Å². The predicted molar refractivity (Wildman–Crippen MR) is 69.3 cm³/mol. The van der Waals surface area contributed by atoms with Gasteiger partial charge in [0.05, 0.1) is 6.07 Å². The van der Waals surface area contributed by atoms with E-state index in [0.717, 1.165) is 18.5 Å². The van der Waals surface area contributed by atoms with Crippen molar-refractivity contribution in [1.29, 1.82) is 5.26 Å². The van der Waals surface area contributed by atoms with Gasteiger partial charge in [0.15, 0.2) is 0 Å². The Morgan fingerprint density at radius 1 is 1.20 bits per heavy atom. The highest BCUT2D eigenvalue weighted by molar-refractivity contribution is 6.76. The maximum Gasteiger partial charge on any atom is 0.125 e. The van der Waals surface area contributed by atoms with Gasteiger partial charge in [0.2, 0.25) is 0 Å². The molecule has 0 aliphatic carbocycles. The highest BCUT2D eigenvalue weighted by atomic mass is 28.3. The Kier molecular flexibility index (Phi) is 6.15. The molecular weight excluding hydrogens is 200 g/mol. The molecule has 0 aromatic rings. The van der Waals surface area contributed by atoms with E-state index in [1.165, 1.54) is 0 Å². The van der Waals surface area contributed by atoms with E-state index in [1.807, 2.05) is 0 Å². The first kappa shape index (κ1) is 14.7. The number of nitrogens with zero attached hydrogens (tertiary/aromatic N) is 2. The summed E-state index contributed by atoms with van der Waals surface area (Å²) in [4.78, 5) is 0. The minimum atomic E-state index is -1.30. The number of hydrogen-bond acceptors (Lipinski definition) is 2. The van der Waals surface area contributed by atoms with E-state index in [4.69, 9.17) is 5.26 Å². The minimum absolute atomic E-state index is 0.604. The Bertz CT molecular complexity index is 216. The molecule has 0 heterocycles. The zero-order valence-corrected chi connectivity index (χ0v) is 12.2. The highest BCUT2D eigenvalue weighted by Gasteiger charge is 2.33. The summed E-state index contributed by atoms with van der Waals surface area (Å²) in [5.41, 5.74) is 0.766.